The summed E-state index contributed by atoms with van der Waals surface area (Å²) in [4.78, 5) is 18.2. The number of aromatic nitrogens is 2. The zero-order chi connectivity index (χ0) is 15.8. The SMILES string of the molecule is CCc1c(C)nc(-c2ccc(F)cc2C(F)(F)F)[nH]c1=O. The number of aromatic amines is 1. The molecule has 7 heteroatoms. The lowest BCUT2D eigenvalue weighted by Crippen LogP contribution is -2.18. The van der Waals surface area contributed by atoms with E-state index in [0.717, 1.165) is 12.1 Å². The molecule has 0 spiro atoms. The van der Waals surface area contributed by atoms with Crippen LogP contribution >= 0.6 is 0 Å². The third-order valence-electron chi connectivity index (χ3n) is 3.12. The van der Waals surface area contributed by atoms with Gasteiger partial charge in [-0.15, -0.1) is 0 Å². The Hall–Kier alpha value is -2.18. The molecule has 0 fully saturated rings. The van der Waals surface area contributed by atoms with Gasteiger partial charge in [0.05, 0.1) is 5.56 Å². The summed E-state index contributed by atoms with van der Waals surface area (Å²) in [5.41, 5.74) is -1.25. The Balaban J connectivity index is 2.71. The molecule has 2 aromatic rings. The molecule has 0 saturated carbocycles. The van der Waals surface area contributed by atoms with Crippen molar-refractivity contribution in [3.05, 3.63) is 51.2 Å². The van der Waals surface area contributed by atoms with Crippen LogP contribution in [-0.2, 0) is 12.6 Å². The molecule has 1 aromatic carbocycles. The van der Waals surface area contributed by atoms with E-state index >= 15 is 0 Å². The Labute approximate surface area is 117 Å². The summed E-state index contributed by atoms with van der Waals surface area (Å²) in [6, 6.07) is 2.24. The van der Waals surface area contributed by atoms with E-state index in [4.69, 9.17) is 0 Å². The average molecular weight is 300 g/mol. The molecular weight excluding hydrogens is 288 g/mol. The Bertz CT molecular complexity index is 735. The minimum absolute atomic E-state index is 0.220. The van der Waals surface area contributed by atoms with Crippen LogP contribution in [0.25, 0.3) is 11.4 Å². The number of halogens is 4. The molecule has 0 aliphatic rings. The first kappa shape index (κ1) is 15.2. The molecule has 0 saturated heterocycles. The third-order valence-corrected chi connectivity index (χ3v) is 3.12. The second-order valence-corrected chi connectivity index (χ2v) is 4.52. The van der Waals surface area contributed by atoms with E-state index in [1.165, 1.54) is 0 Å². The van der Waals surface area contributed by atoms with E-state index in [1.807, 2.05) is 0 Å². The van der Waals surface area contributed by atoms with E-state index in [0.29, 0.717) is 23.7 Å². The van der Waals surface area contributed by atoms with Gasteiger partial charge in [-0.2, -0.15) is 13.2 Å². The highest BCUT2D eigenvalue weighted by molar-refractivity contribution is 5.61. The predicted molar refractivity (Wildman–Crippen MR) is 69.4 cm³/mol. The maximum atomic E-state index is 13.1. The molecular formula is C14H12F4N2O. The molecule has 1 N–H and O–H groups in total. The molecule has 112 valence electrons. The van der Waals surface area contributed by atoms with E-state index in [1.54, 1.807) is 13.8 Å². The first-order valence-corrected chi connectivity index (χ1v) is 6.21. The van der Waals surface area contributed by atoms with Crippen LogP contribution < -0.4 is 5.56 Å². The normalized spacial score (nSPS) is 11.7. The van der Waals surface area contributed by atoms with Crippen molar-refractivity contribution in [1.82, 2.24) is 9.97 Å². The number of H-pyrrole nitrogens is 1. The van der Waals surface area contributed by atoms with Crippen LogP contribution in [0.4, 0.5) is 17.6 Å². The van der Waals surface area contributed by atoms with Gasteiger partial charge in [0.1, 0.15) is 11.6 Å². The zero-order valence-electron chi connectivity index (χ0n) is 11.3. The number of nitrogens with zero attached hydrogens (tertiary/aromatic N) is 1. The summed E-state index contributed by atoms with van der Waals surface area (Å²) >= 11 is 0. The van der Waals surface area contributed by atoms with Gasteiger partial charge < -0.3 is 4.98 Å². The highest BCUT2D eigenvalue weighted by Crippen LogP contribution is 2.36. The largest absolute Gasteiger partial charge is 0.417 e. The number of hydrogen-bond donors (Lipinski definition) is 1. The molecule has 0 atom stereocenters. The summed E-state index contributed by atoms with van der Waals surface area (Å²) in [7, 11) is 0. The topological polar surface area (TPSA) is 45.8 Å². The van der Waals surface area contributed by atoms with E-state index in [-0.39, 0.29) is 11.4 Å². The molecule has 0 amide bonds. The number of hydrogen-bond acceptors (Lipinski definition) is 2. The quantitative estimate of drug-likeness (QED) is 0.863. The monoisotopic (exact) mass is 300 g/mol. The molecule has 0 aliphatic heterocycles. The van der Waals surface area contributed by atoms with Gasteiger partial charge >= 0.3 is 6.18 Å². The molecule has 0 bridgehead atoms. The summed E-state index contributed by atoms with van der Waals surface area (Å²) in [6.07, 6.45) is -4.32. The number of aryl methyl sites for hydroxylation is 1. The standard InChI is InChI=1S/C14H12F4N2O/c1-3-9-7(2)19-12(20-13(9)21)10-5-4-8(15)6-11(10)14(16,17)18/h4-6H,3H2,1-2H3,(H,19,20,21). The lowest BCUT2D eigenvalue weighted by Gasteiger charge is -2.13. The second-order valence-electron chi connectivity index (χ2n) is 4.52. The zero-order valence-corrected chi connectivity index (χ0v) is 11.3. The van der Waals surface area contributed by atoms with Gasteiger partial charge in [0.25, 0.3) is 5.56 Å². The minimum Gasteiger partial charge on any atom is -0.306 e. The van der Waals surface area contributed by atoms with Gasteiger partial charge in [0, 0.05) is 16.8 Å². The van der Waals surface area contributed by atoms with Crippen LogP contribution in [0.3, 0.4) is 0 Å². The molecule has 21 heavy (non-hydrogen) atoms. The van der Waals surface area contributed by atoms with E-state index in [9.17, 15) is 22.4 Å². The maximum Gasteiger partial charge on any atom is 0.417 e. The number of rotatable bonds is 2. The van der Waals surface area contributed by atoms with Crippen LogP contribution in [0, 0.1) is 12.7 Å². The first-order chi connectivity index (χ1) is 9.74. The lowest BCUT2D eigenvalue weighted by atomic mass is 10.1. The molecule has 1 aromatic heterocycles. The van der Waals surface area contributed by atoms with Crippen LogP contribution in [0.5, 0.6) is 0 Å². The van der Waals surface area contributed by atoms with Crippen LogP contribution in [0.1, 0.15) is 23.7 Å². The lowest BCUT2D eigenvalue weighted by molar-refractivity contribution is -0.137. The van der Waals surface area contributed by atoms with Crippen molar-refractivity contribution in [2.24, 2.45) is 0 Å². The molecule has 0 radical (unpaired) electrons. The van der Waals surface area contributed by atoms with Crippen molar-refractivity contribution in [3.8, 4) is 11.4 Å². The Morgan fingerprint density at radius 1 is 1.29 bits per heavy atom. The number of benzene rings is 1. The molecule has 3 nitrogen and oxygen atoms in total. The van der Waals surface area contributed by atoms with Crippen molar-refractivity contribution in [3.63, 3.8) is 0 Å². The average Bonchev–Trinajstić information content (AvgIpc) is 2.37. The fraction of sp³-hybridized carbons (Fsp3) is 0.286. The Morgan fingerprint density at radius 2 is 1.95 bits per heavy atom. The van der Waals surface area contributed by atoms with Gasteiger partial charge in [-0.25, -0.2) is 9.37 Å². The molecule has 0 unspecified atom stereocenters. The summed E-state index contributed by atoms with van der Waals surface area (Å²) < 4.78 is 52.0. The summed E-state index contributed by atoms with van der Waals surface area (Å²) in [5.74, 6) is -1.22. The van der Waals surface area contributed by atoms with Crippen LogP contribution in [0.2, 0.25) is 0 Å². The van der Waals surface area contributed by atoms with Crippen LogP contribution in [0.15, 0.2) is 23.0 Å². The second kappa shape index (κ2) is 5.31. The van der Waals surface area contributed by atoms with Gasteiger partial charge in [-0.1, -0.05) is 6.92 Å². The van der Waals surface area contributed by atoms with Crippen molar-refractivity contribution >= 4 is 0 Å². The minimum atomic E-state index is -4.74. The van der Waals surface area contributed by atoms with Gasteiger partial charge in [0.2, 0.25) is 0 Å². The van der Waals surface area contributed by atoms with E-state index < -0.39 is 23.1 Å². The summed E-state index contributed by atoms with van der Waals surface area (Å²) in [6.45, 7) is 3.30. The molecule has 2 rings (SSSR count). The smallest absolute Gasteiger partial charge is 0.306 e. The Kier molecular flexibility index (Phi) is 3.85. The van der Waals surface area contributed by atoms with Crippen molar-refractivity contribution in [1.29, 1.82) is 0 Å². The van der Waals surface area contributed by atoms with Gasteiger partial charge in [-0.3, -0.25) is 4.79 Å². The summed E-state index contributed by atoms with van der Waals surface area (Å²) in [5, 5.41) is 0. The third kappa shape index (κ3) is 2.96. The van der Waals surface area contributed by atoms with Gasteiger partial charge in [0.15, 0.2) is 0 Å². The van der Waals surface area contributed by atoms with Crippen LogP contribution in [-0.4, -0.2) is 9.97 Å². The number of alkyl halides is 3. The maximum absolute atomic E-state index is 13.1. The highest BCUT2D eigenvalue weighted by Gasteiger charge is 2.34. The number of nitrogens with one attached hydrogen (secondary N) is 1. The predicted octanol–water partition coefficient (Wildman–Crippen LogP) is 3.47. The molecule has 0 aliphatic carbocycles. The Morgan fingerprint density at radius 3 is 2.48 bits per heavy atom. The molecule has 1 heterocycles. The van der Waals surface area contributed by atoms with Gasteiger partial charge in [-0.05, 0) is 31.5 Å². The highest BCUT2D eigenvalue weighted by atomic mass is 19.4. The van der Waals surface area contributed by atoms with Crippen molar-refractivity contribution in [2.75, 3.05) is 0 Å². The van der Waals surface area contributed by atoms with Crippen molar-refractivity contribution in [2.45, 2.75) is 26.4 Å². The first-order valence-electron chi connectivity index (χ1n) is 6.21. The van der Waals surface area contributed by atoms with E-state index in [2.05, 4.69) is 9.97 Å². The fourth-order valence-corrected chi connectivity index (χ4v) is 2.11. The fourth-order valence-electron chi connectivity index (χ4n) is 2.11. The van der Waals surface area contributed by atoms with Crippen molar-refractivity contribution < 1.29 is 17.6 Å².